The summed E-state index contributed by atoms with van der Waals surface area (Å²) in [6.45, 7) is 5.72. The predicted octanol–water partition coefficient (Wildman–Crippen LogP) is 5.11. The van der Waals surface area contributed by atoms with Gasteiger partial charge in [-0.3, -0.25) is 4.98 Å². The monoisotopic (exact) mass is 428 g/mol. The van der Waals surface area contributed by atoms with Crippen LogP contribution < -0.4 is 15.1 Å². The Balaban J connectivity index is 1.75. The zero-order chi connectivity index (χ0) is 22.0. The summed E-state index contributed by atoms with van der Waals surface area (Å²) in [6, 6.07) is 8.46. The molecule has 4 rings (SSSR count). The normalized spacial score (nSPS) is 14.6. The van der Waals surface area contributed by atoms with Gasteiger partial charge in [0.25, 0.3) is 0 Å². The average Bonchev–Trinajstić information content (AvgIpc) is 3.24. The molecule has 1 aliphatic heterocycles. The number of aromatic amines is 1. The van der Waals surface area contributed by atoms with Crippen LogP contribution in [0.3, 0.4) is 0 Å². The molecule has 3 aromatic heterocycles. The van der Waals surface area contributed by atoms with Crippen molar-refractivity contribution in [3.8, 4) is 11.3 Å². The number of hydrogen-bond acceptors (Lipinski definition) is 5. The van der Waals surface area contributed by atoms with Gasteiger partial charge in [-0.05, 0) is 43.2 Å². The number of pyridine rings is 2. The summed E-state index contributed by atoms with van der Waals surface area (Å²) in [4.78, 5) is 15.7. The van der Waals surface area contributed by atoms with Crippen molar-refractivity contribution in [3.05, 3.63) is 66.9 Å². The lowest BCUT2D eigenvalue weighted by Crippen LogP contribution is -2.33. The van der Waals surface area contributed by atoms with Crippen LogP contribution in [0.5, 0.6) is 0 Å². The molecular formula is C22H23F3N6. The van der Waals surface area contributed by atoms with Crippen LogP contribution in [0.25, 0.3) is 11.3 Å². The van der Waals surface area contributed by atoms with Crippen molar-refractivity contribution in [1.29, 1.82) is 0 Å². The van der Waals surface area contributed by atoms with Gasteiger partial charge in [-0.25, -0.2) is 4.98 Å². The number of aromatic nitrogens is 3. The van der Waals surface area contributed by atoms with Gasteiger partial charge < -0.3 is 20.1 Å². The Kier molecular flexibility index (Phi) is 5.58. The van der Waals surface area contributed by atoms with E-state index in [2.05, 4.69) is 26.8 Å². The molecule has 6 nitrogen and oxygen atoms in total. The van der Waals surface area contributed by atoms with Crippen molar-refractivity contribution in [1.82, 2.24) is 15.0 Å². The zero-order valence-corrected chi connectivity index (χ0v) is 17.1. The molecule has 31 heavy (non-hydrogen) atoms. The highest BCUT2D eigenvalue weighted by atomic mass is 19.4. The number of anilines is 3. The lowest BCUT2D eigenvalue weighted by Gasteiger charge is -2.33. The number of alkyl halides is 3. The molecule has 0 atom stereocenters. The number of rotatable bonds is 4. The van der Waals surface area contributed by atoms with Crippen LogP contribution in [0.2, 0.25) is 0 Å². The summed E-state index contributed by atoms with van der Waals surface area (Å²) in [6.07, 6.45) is 1.48. The number of halogens is 3. The summed E-state index contributed by atoms with van der Waals surface area (Å²) in [7, 11) is 1.98. The first-order valence-electron chi connectivity index (χ1n) is 9.94. The van der Waals surface area contributed by atoms with Gasteiger partial charge in [-0.1, -0.05) is 6.58 Å². The van der Waals surface area contributed by atoms with Crippen LogP contribution in [-0.2, 0) is 6.18 Å². The maximum absolute atomic E-state index is 13.2. The van der Waals surface area contributed by atoms with Gasteiger partial charge in [-0.2, -0.15) is 13.2 Å². The fraction of sp³-hybridized carbons (Fsp3) is 0.273. The van der Waals surface area contributed by atoms with E-state index in [4.69, 9.17) is 4.98 Å². The maximum atomic E-state index is 13.2. The van der Waals surface area contributed by atoms with Crippen molar-refractivity contribution in [2.24, 2.45) is 0 Å². The summed E-state index contributed by atoms with van der Waals surface area (Å²) in [5.74, 6) is 2.06. The highest BCUT2D eigenvalue weighted by Gasteiger charge is 2.31. The smallest absolute Gasteiger partial charge is 0.372 e. The molecule has 0 aromatic carbocycles. The summed E-state index contributed by atoms with van der Waals surface area (Å²) >= 11 is 0. The van der Waals surface area contributed by atoms with Crippen molar-refractivity contribution in [3.63, 3.8) is 0 Å². The molecule has 0 spiro atoms. The first-order chi connectivity index (χ1) is 14.8. The quantitative estimate of drug-likeness (QED) is 0.605. The SMILES string of the molecule is C=C(Nc1ccc[nH]1)N1CCCCN(C)c2ccc(-c3cncc(C(F)(F)F)c3)nc21. The Morgan fingerprint density at radius 3 is 2.71 bits per heavy atom. The molecule has 0 unspecified atom stereocenters. The number of fused-ring (bicyclic) bond motifs is 1. The molecule has 0 radical (unpaired) electrons. The van der Waals surface area contributed by atoms with Crippen LogP contribution in [0, 0.1) is 0 Å². The second kappa shape index (κ2) is 8.33. The molecule has 0 bridgehead atoms. The Morgan fingerprint density at radius 2 is 1.97 bits per heavy atom. The Morgan fingerprint density at radius 1 is 1.16 bits per heavy atom. The minimum absolute atomic E-state index is 0.310. The second-order valence-electron chi connectivity index (χ2n) is 7.44. The van der Waals surface area contributed by atoms with Gasteiger partial charge in [-0.15, -0.1) is 0 Å². The van der Waals surface area contributed by atoms with E-state index in [1.54, 1.807) is 6.07 Å². The van der Waals surface area contributed by atoms with Gasteiger partial charge in [0.15, 0.2) is 5.82 Å². The fourth-order valence-corrected chi connectivity index (χ4v) is 3.57. The highest BCUT2D eigenvalue weighted by molar-refractivity contribution is 5.75. The van der Waals surface area contributed by atoms with E-state index in [0.717, 1.165) is 43.2 Å². The second-order valence-corrected chi connectivity index (χ2v) is 7.44. The minimum Gasteiger partial charge on any atom is -0.372 e. The summed E-state index contributed by atoms with van der Waals surface area (Å²) < 4.78 is 39.5. The Bertz CT molecular complexity index is 1060. The zero-order valence-electron chi connectivity index (χ0n) is 17.1. The van der Waals surface area contributed by atoms with Crippen molar-refractivity contribution in [2.75, 3.05) is 35.3 Å². The molecule has 0 saturated carbocycles. The predicted molar refractivity (Wildman–Crippen MR) is 116 cm³/mol. The molecule has 0 aliphatic carbocycles. The third-order valence-corrected chi connectivity index (χ3v) is 5.21. The Hall–Kier alpha value is -3.49. The summed E-state index contributed by atoms with van der Waals surface area (Å²) in [5.41, 5.74) is 0.817. The first-order valence-corrected chi connectivity index (χ1v) is 9.94. The summed E-state index contributed by atoms with van der Waals surface area (Å²) in [5, 5.41) is 3.24. The molecule has 1 aliphatic rings. The molecule has 0 fully saturated rings. The lowest BCUT2D eigenvalue weighted by atomic mass is 10.1. The standard InChI is InChI=1S/C22H23F3N6/c1-15(28-20-6-5-9-27-20)31-11-4-3-10-30(2)19-8-7-18(29-21(19)31)16-12-17(14-26-13-16)22(23,24)25/h5-9,12-14,27-28H,1,3-4,10-11H2,2H3. The Labute approximate surface area is 178 Å². The van der Waals surface area contributed by atoms with Gasteiger partial charge in [0, 0.05) is 44.3 Å². The third-order valence-electron chi connectivity index (χ3n) is 5.21. The molecular weight excluding hydrogens is 405 g/mol. The minimum atomic E-state index is -4.47. The third kappa shape index (κ3) is 4.50. The molecule has 0 amide bonds. The van der Waals surface area contributed by atoms with Crippen molar-refractivity contribution >= 4 is 17.3 Å². The van der Waals surface area contributed by atoms with Crippen LogP contribution in [-0.4, -0.2) is 35.1 Å². The molecule has 9 heteroatoms. The van der Waals surface area contributed by atoms with E-state index in [9.17, 15) is 13.2 Å². The van der Waals surface area contributed by atoms with Crippen LogP contribution >= 0.6 is 0 Å². The number of H-pyrrole nitrogens is 1. The van der Waals surface area contributed by atoms with Gasteiger partial charge in [0.1, 0.15) is 11.6 Å². The number of nitrogens with zero attached hydrogens (tertiary/aromatic N) is 4. The van der Waals surface area contributed by atoms with E-state index in [1.165, 1.54) is 6.20 Å². The molecule has 2 N–H and O–H groups in total. The van der Waals surface area contributed by atoms with E-state index < -0.39 is 11.7 Å². The van der Waals surface area contributed by atoms with Gasteiger partial charge in [0.2, 0.25) is 0 Å². The molecule has 4 heterocycles. The highest BCUT2D eigenvalue weighted by Crippen LogP contribution is 2.35. The van der Waals surface area contributed by atoms with E-state index >= 15 is 0 Å². The molecule has 0 saturated heterocycles. The van der Waals surface area contributed by atoms with E-state index in [0.29, 0.717) is 29.4 Å². The van der Waals surface area contributed by atoms with Crippen molar-refractivity contribution < 1.29 is 13.2 Å². The molecule has 162 valence electrons. The lowest BCUT2D eigenvalue weighted by molar-refractivity contribution is -0.137. The van der Waals surface area contributed by atoms with Crippen LogP contribution in [0.15, 0.2) is 61.3 Å². The van der Waals surface area contributed by atoms with E-state index in [1.807, 2.05) is 36.3 Å². The van der Waals surface area contributed by atoms with Crippen LogP contribution in [0.4, 0.5) is 30.5 Å². The van der Waals surface area contributed by atoms with E-state index in [-0.39, 0.29) is 0 Å². The number of nitrogens with one attached hydrogen (secondary N) is 2. The first kappa shape index (κ1) is 20.8. The molecule has 3 aromatic rings. The number of hydrogen-bond donors (Lipinski definition) is 2. The van der Waals surface area contributed by atoms with Gasteiger partial charge in [0.05, 0.1) is 16.9 Å². The topological polar surface area (TPSA) is 60.1 Å². The maximum Gasteiger partial charge on any atom is 0.417 e. The largest absolute Gasteiger partial charge is 0.417 e. The fourth-order valence-electron chi connectivity index (χ4n) is 3.57. The van der Waals surface area contributed by atoms with Crippen molar-refractivity contribution in [2.45, 2.75) is 19.0 Å². The van der Waals surface area contributed by atoms with Gasteiger partial charge >= 0.3 is 6.18 Å². The van der Waals surface area contributed by atoms with Crippen LogP contribution in [0.1, 0.15) is 18.4 Å². The average molecular weight is 428 g/mol.